The minimum atomic E-state index is -1.23. The van der Waals surface area contributed by atoms with Crippen LogP contribution in [-0.2, 0) is 6.54 Å². The third-order valence-corrected chi connectivity index (χ3v) is 5.80. The summed E-state index contributed by atoms with van der Waals surface area (Å²) in [4.78, 5) is 26.9. The Morgan fingerprint density at radius 1 is 1.19 bits per heavy atom. The lowest BCUT2D eigenvalue weighted by molar-refractivity contribution is -0.00500. The first-order valence-corrected chi connectivity index (χ1v) is 10.6. The van der Waals surface area contributed by atoms with Gasteiger partial charge in [-0.05, 0) is 46.8 Å². The van der Waals surface area contributed by atoms with E-state index in [0.29, 0.717) is 27.0 Å². The van der Waals surface area contributed by atoms with Crippen molar-refractivity contribution in [3.63, 3.8) is 0 Å². The van der Waals surface area contributed by atoms with Gasteiger partial charge in [0, 0.05) is 17.6 Å². The van der Waals surface area contributed by atoms with E-state index < -0.39 is 23.1 Å². The van der Waals surface area contributed by atoms with Gasteiger partial charge in [0.05, 0.1) is 39.5 Å². The predicted molar refractivity (Wildman–Crippen MR) is 120 cm³/mol. The molecule has 2 aromatic rings. The van der Waals surface area contributed by atoms with Crippen LogP contribution in [-0.4, -0.2) is 49.4 Å². The van der Waals surface area contributed by atoms with Crippen molar-refractivity contribution in [3.05, 3.63) is 39.5 Å². The molecule has 0 bridgehead atoms. The van der Waals surface area contributed by atoms with Crippen molar-refractivity contribution < 1.29 is 14.7 Å². The number of amides is 3. The van der Waals surface area contributed by atoms with Crippen molar-refractivity contribution >= 4 is 35.1 Å². The lowest BCUT2D eigenvalue weighted by atomic mass is 9.95. The fourth-order valence-corrected chi connectivity index (χ4v) is 3.89. The highest BCUT2D eigenvalue weighted by Gasteiger charge is 2.41. The summed E-state index contributed by atoms with van der Waals surface area (Å²) in [6, 6.07) is 4.00. The Morgan fingerprint density at radius 3 is 2.35 bits per heavy atom. The van der Waals surface area contributed by atoms with Gasteiger partial charge in [-0.1, -0.05) is 29.3 Å². The quantitative estimate of drug-likeness (QED) is 0.639. The standard InChI is InChI=1S/C21H27Cl2N5O3/c1-20(2,3)25-19(30)27-9-14-16(18(24)29)17(11-6-7-12(22)13(23)8-11)26-28(14)15(10-27)21(4,5)31/h6-8,15,31H,9-10H2,1-5H3,(H2,24,29)(H,25,30). The average molecular weight is 468 g/mol. The SMILES string of the molecule is CC(C)(C)NC(=O)N1Cc2c(C(N)=O)c(-c3ccc(Cl)c(Cl)c3)nn2C(C(C)(C)O)C1. The van der Waals surface area contributed by atoms with Gasteiger partial charge >= 0.3 is 6.03 Å². The number of primary amides is 1. The summed E-state index contributed by atoms with van der Waals surface area (Å²) in [6.07, 6.45) is 0. The summed E-state index contributed by atoms with van der Waals surface area (Å²) in [5.74, 6) is -0.685. The molecule has 0 saturated heterocycles. The molecular weight excluding hydrogens is 441 g/mol. The van der Waals surface area contributed by atoms with Crippen molar-refractivity contribution in [2.45, 2.75) is 58.3 Å². The summed E-state index contributed by atoms with van der Waals surface area (Å²) < 4.78 is 1.60. The van der Waals surface area contributed by atoms with Gasteiger partial charge in [-0.2, -0.15) is 5.10 Å². The highest BCUT2D eigenvalue weighted by molar-refractivity contribution is 6.42. The van der Waals surface area contributed by atoms with Crippen molar-refractivity contribution in [1.82, 2.24) is 20.0 Å². The number of rotatable bonds is 3. The number of halogens is 2. The maximum Gasteiger partial charge on any atom is 0.318 e. The summed E-state index contributed by atoms with van der Waals surface area (Å²) in [6.45, 7) is 9.23. The number of carbonyl (C=O) groups excluding carboxylic acids is 2. The number of hydrogen-bond acceptors (Lipinski definition) is 4. The first-order chi connectivity index (χ1) is 14.2. The number of urea groups is 1. The number of nitrogens with two attached hydrogens (primary N) is 1. The molecule has 3 amide bonds. The van der Waals surface area contributed by atoms with Crippen LogP contribution in [0.4, 0.5) is 4.79 Å². The maximum atomic E-state index is 12.9. The third kappa shape index (κ3) is 4.81. The van der Waals surface area contributed by atoms with E-state index >= 15 is 0 Å². The zero-order chi connectivity index (χ0) is 23.3. The van der Waals surface area contributed by atoms with Crippen molar-refractivity contribution in [1.29, 1.82) is 0 Å². The molecule has 4 N–H and O–H groups in total. The van der Waals surface area contributed by atoms with Gasteiger partial charge in [-0.15, -0.1) is 0 Å². The number of nitrogens with zero attached hydrogens (tertiary/aromatic N) is 3. The van der Waals surface area contributed by atoms with E-state index in [-0.39, 0.29) is 24.7 Å². The lowest BCUT2D eigenvalue weighted by Gasteiger charge is -2.40. The van der Waals surface area contributed by atoms with Crippen LogP contribution in [0.15, 0.2) is 18.2 Å². The van der Waals surface area contributed by atoms with E-state index in [2.05, 4.69) is 10.4 Å². The maximum absolute atomic E-state index is 12.9. The number of aromatic nitrogens is 2. The molecule has 1 aromatic heterocycles. The molecule has 8 nitrogen and oxygen atoms in total. The first-order valence-electron chi connectivity index (χ1n) is 9.85. The number of carbonyl (C=O) groups is 2. The number of fused-ring (bicyclic) bond motifs is 1. The van der Waals surface area contributed by atoms with Gasteiger partial charge in [-0.3, -0.25) is 9.48 Å². The summed E-state index contributed by atoms with van der Waals surface area (Å²) in [7, 11) is 0. The topological polar surface area (TPSA) is 113 Å². The normalized spacial score (nSPS) is 16.8. The van der Waals surface area contributed by atoms with Crippen molar-refractivity contribution in [2.75, 3.05) is 6.54 Å². The fourth-order valence-electron chi connectivity index (χ4n) is 3.59. The number of nitrogens with one attached hydrogen (secondary N) is 1. The van der Waals surface area contributed by atoms with Crippen molar-refractivity contribution in [3.8, 4) is 11.3 Å². The van der Waals surface area contributed by atoms with E-state index in [9.17, 15) is 14.7 Å². The minimum Gasteiger partial charge on any atom is -0.388 e. The van der Waals surface area contributed by atoms with E-state index in [1.54, 1.807) is 41.6 Å². The largest absolute Gasteiger partial charge is 0.388 e. The van der Waals surface area contributed by atoms with Gasteiger partial charge < -0.3 is 21.1 Å². The van der Waals surface area contributed by atoms with Crippen molar-refractivity contribution in [2.24, 2.45) is 5.73 Å². The minimum absolute atomic E-state index is 0.112. The Hall–Kier alpha value is -2.29. The molecule has 10 heteroatoms. The molecule has 1 aromatic carbocycles. The number of benzene rings is 1. The van der Waals surface area contributed by atoms with Gasteiger partial charge in [0.1, 0.15) is 5.69 Å². The second-order valence-corrected chi connectivity index (χ2v) is 10.2. The highest BCUT2D eigenvalue weighted by Crippen LogP contribution is 2.37. The Morgan fingerprint density at radius 2 is 1.84 bits per heavy atom. The molecule has 1 aliphatic heterocycles. The van der Waals surface area contributed by atoms with Crippen LogP contribution < -0.4 is 11.1 Å². The summed E-state index contributed by atoms with van der Waals surface area (Å²) in [5, 5.41) is 19.1. The molecule has 0 fully saturated rings. The van der Waals surface area contributed by atoms with E-state index in [0.717, 1.165) is 0 Å². The summed E-state index contributed by atoms with van der Waals surface area (Å²) >= 11 is 12.2. The van der Waals surface area contributed by atoms with Gasteiger partial charge in [0.25, 0.3) is 5.91 Å². The molecule has 1 atom stereocenters. The van der Waals surface area contributed by atoms with Gasteiger partial charge in [0.2, 0.25) is 0 Å². The molecule has 0 aliphatic carbocycles. The van der Waals surface area contributed by atoms with E-state index in [1.807, 2.05) is 20.8 Å². The third-order valence-electron chi connectivity index (χ3n) is 5.06. The second kappa shape index (κ2) is 8.00. The van der Waals surface area contributed by atoms with E-state index in [1.165, 1.54) is 0 Å². The molecule has 3 rings (SSSR count). The fraction of sp³-hybridized carbons (Fsp3) is 0.476. The van der Waals surface area contributed by atoms with Crippen LogP contribution in [0.25, 0.3) is 11.3 Å². The molecule has 31 heavy (non-hydrogen) atoms. The van der Waals surface area contributed by atoms with Crippen LogP contribution >= 0.6 is 23.2 Å². The smallest absolute Gasteiger partial charge is 0.318 e. The monoisotopic (exact) mass is 467 g/mol. The number of hydrogen-bond donors (Lipinski definition) is 3. The highest BCUT2D eigenvalue weighted by atomic mass is 35.5. The van der Waals surface area contributed by atoms with Crippen LogP contribution in [0.2, 0.25) is 10.0 Å². The zero-order valence-electron chi connectivity index (χ0n) is 18.2. The lowest BCUT2D eigenvalue weighted by Crippen LogP contribution is -2.54. The predicted octanol–water partition coefficient (Wildman–Crippen LogP) is 3.59. The molecule has 0 spiro atoms. The molecule has 0 saturated carbocycles. The molecule has 168 valence electrons. The summed E-state index contributed by atoms with van der Waals surface area (Å²) in [5.41, 5.74) is 5.58. The van der Waals surface area contributed by atoms with Gasteiger partial charge in [0.15, 0.2) is 0 Å². The van der Waals surface area contributed by atoms with Crippen LogP contribution in [0.3, 0.4) is 0 Å². The Labute approximate surface area is 191 Å². The Kier molecular flexibility index (Phi) is 6.03. The Balaban J connectivity index is 2.17. The molecule has 1 unspecified atom stereocenters. The van der Waals surface area contributed by atoms with Crippen LogP contribution in [0.5, 0.6) is 0 Å². The average Bonchev–Trinajstić information content (AvgIpc) is 3.00. The molecule has 1 aliphatic rings. The number of aliphatic hydroxyl groups is 1. The van der Waals surface area contributed by atoms with Gasteiger partial charge in [-0.25, -0.2) is 4.79 Å². The molecule has 0 radical (unpaired) electrons. The molecule has 2 heterocycles. The zero-order valence-corrected chi connectivity index (χ0v) is 19.7. The Bertz CT molecular complexity index is 1040. The van der Waals surface area contributed by atoms with Crippen LogP contribution in [0.1, 0.15) is 56.7 Å². The molecular formula is C21H27Cl2N5O3. The van der Waals surface area contributed by atoms with Crippen LogP contribution in [0, 0.1) is 0 Å². The first kappa shape index (κ1) is 23.4. The second-order valence-electron chi connectivity index (χ2n) is 9.34. The van der Waals surface area contributed by atoms with E-state index in [4.69, 9.17) is 28.9 Å².